The van der Waals surface area contributed by atoms with Gasteiger partial charge >= 0.3 is 0 Å². The van der Waals surface area contributed by atoms with E-state index in [1.807, 2.05) is 74.5 Å². The Labute approximate surface area is 220 Å². The Bertz CT molecular complexity index is 1630. The van der Waals surface area contributed by atoms with E-state index < -0.39 is 17.7 Å². The van der Waals surface area contributed by atoms with Gasteiger partial charge < -0.3 is 15.5 Å². The number of aromatic hydroxyl groups is 2. The number of rotatable bonds is 7. The molecule has 0 aliphatic rings. The number of aryl methyl sites for hydroxylation is 2. The molecule has 0 fully saturated rings. The van der Waals surface area contributed by atoms with Gasteiger partial charge in [0.25, 0.3) is 0 Å². The summed E-state index contributed by atoms with van der Waals surface area (Å²) in [4.78, 5) is 18.3. The summed E-state index contributed by atoms with van der Waals surface area (Å²) in [6, 6.07) is 24.1. The van der Waals surface area contributed by atoms with Gasteiger partial charge in [-0.05, 0) is 71.1 Å². The average Bonchev–Trinajstić information content (AvgIpc) is 2.88. The number of halogens is 1. The normalized spacial score (nSPS) is 12.1. The van der Waals surface area contributed by atoms with Crippen molar-refractivity contribution in [1.82, 2.24) is 4.98 Å². The SMILES string of the molecule is CCc1cc(C)cc2nc(O)c(C(=O)C(Cc3ccc(Cl)cc3)Nc3ccc4ccccc4c3)c(O)c12. The number of nitrogens with zero attached hydrogens (tertiary/aromatic N) is 1. The number of Topliss-reactive ketones (excluding diaryl/α,β-unsaturated/α-hetero) is 1. The first kappa shape index (κ1) is 24.6. The number of benzene rings is 4. The van der Waals surface area contributed by atoms with E-state index >= 15 is 0 Å². The van der Waals surface area contributed by atoms with E-state index in [1.165, 1.54) is 0 Å². The van der Waals surface area contributed by atoms with Crippen LogP contribution in [0.15, 0.2) is 78.9 Å². The van der Waals surface area contributed by atoms with Crippen molar-refractivity contribution in [2.24, 2.45) is 0 Å². The maximum Gasteiger partial charge on any atom is 0.226 e. The van der Waals surface area contributed by atoms with Crippen LogP contribution in [0.5, 0.6) is 11.6 Å². The molecule has 0 saturated heterocycles. The van der Waals surface area contributed by atoms with E-state index in [2.05, 4.69) is 10.3 Å². The van der Waals surface area contributed by atoms with Gasteiger partial charge in [-0.25, -0.2) is 4.98 Å². The van der Waals surface area contributed by atoms with Gasteiger partial charge in [-0.15, -0.1) is 0 Å². The van der Waals surface area contributed by atoms with E-state index in [-0.39, 0.29) is 11.3 Å². The Morgan fingerprint density at radius 2 is 1.70 bits per heavy atom. The van der Waals surface area contributed by atoms with Gasteiger partial charge in [0.15, 0.2) is 5.78 Å². The Morgan fingerprint density at radius 1 is 0.973 bits per heavy atom. The van der Waals surface area contributed by atoms with Crippen molar-refractivity contribution in [2.75, 3.05) is 5.32 Å². The molecule has 6 heteroatoms. The molecular formula is C31H27ClN2O3. The molecule has 0 aliphatic heterocycles. The van der Waals surface area contributed by atoms with Crippen LogP contribution in [0.3, 0.4) is 0 Å². The van der Waals surface area contributed by atoms with E-state index in [4.69, 9.17) is 11.6 Å². The highest BCUT2D eigenvalue weighted by Crippen LogP contribution is 2.37. The summed E-state index contributed by atoms with van der Waals surface area (Å²) in [7, 11) is 0. The molecule has 1 unspecified atom stereocenters. The second-order valence-corrected chi connectivity index (χ2v) is 9.72. The maximum absolute atomic E-state index is 14.0. The van der Waals surface area contributed by atoms with E-state index in [0.29, 0.717) is 28.8 Å². The first-order valence-corrected chi connectivity index (χ1v) is 12.6. The monoisotopic (exact) mass is 510 g/mol. The molecule has 5 rings (SSSR count). The van der Waals surface area contributed by atoms with Crippen molar-refractivity contribution in [3.8, 4) is 11.6 Å². The summed E-state index contributed by atoms with van der Waals surface area (Å²) >= 11 is 6.07. The molecule has 0 amide bonds. The van der Waals surface area contributed by atoms with Crippen LogP contribution in [-0.4, -0.2) is 27.0 Å². The van der Waals surface area contributed by atoms with E-state index in [1.54, 1.807) is 18.2 Å². The molecule has 0 radical (unpaired) electrons. The zero-order chi connectivity index (χ0) is 26.1. The van der Waals surface area contributed by atoms with Crippen molar-refractivity contribution in [3.05, 3.63) is 106 Å². The molecule has 5 aromatic rings. The summed E-state index contributed by atoms with van der Waals surface area (Å²) in [5.41, 5.74) is 3.75. The average molecular weight is 511 g/mol. The van der Waals surface area contributed by atoms with Crippen LogP contribution in [-0.2, 0) is 12.8 Å². The fourth-order valence-corrected chi connectivity index (χ4v) is 4.96. The number of anilines is 1. The minimum atomic E-state index is -0.783. The van der Waals surface area contributed by atoms with E-state index in [0.717, 1.165) is 33.2 Å². The molecule has 1 heterocycles. The van der Waals surface area contributed by atoms with Gasteiger partial charge in [-0.3, -0.25) is 4.79 Å². The summed E-state index contributed by atoms with van der Waals surface area (Å²) < 4.78 is 0. The number of carbonyl (C=O) groups is 1. The predicted molar refractivity (Wildman–Crippen MR) is 150 cm³/mol. The van der Waals surface area contributed by atoms with Crippen LogP contribution in [0, 0.1) is 6.92 Å². The van der Waals surface area contributed by atoms with Gasteiger partial charge in [0.2, 0.25) is 5.88 Å². The van der Waals surface area contributed by atoms with Crippen LogP contribution in [0.25, 0.3) is 21.7 Å². The van der Waals surface area contributed by atoms with Crippen LogP contribution in [0.2, 0.25) is 5.02 Å². The second kappa shape index (κ2) is 10.1. The highest BCUT2D eigenvalue weighted by Gasteiger charge is 2.29. The number of fused-ring (bicyclic) bond motifs is 2. The highest BCUT2D eigenvalue weighted by molar-refractivity contribution is 6.30. The van der Waals surface area contributed by atoms with Crippen molar-refractivity contribution < 1.29 is 15.0 Å². The number of hydrogen-bond acceptors (Lipinski definition) is 5. The third kappa shape index (κ3) is 4.95. The summed E-state index contributed by atoms with van der Waals surface area (Å²) in [5.74, 6) is -1.18. The van der Waals surface area contributed by atoms with Gasteiger partial charge in [-0.1, -0.05) is 67.1 Å². The molecule has 0 saturated carbocycles. The largest absolute Gasteiger partial charge is 0.506 e. The molecule has 37 heavy (non-hydrogen) atoms. The number of aromatic nitrogens is 1. The number of carbonyl (C=O) groups excluding carboxylic acids is 1. The lowest BCUT2D eigenvalue weighted by atomic mass is 9.94. The van der Waals surface area contributed by atoms with Crippen molar-refractivity contribution in [2.45, 2.75) is 32.7 Å². The lowest BCUT2D eigenvalue weighted by Gasteiger charge is -2.21. The predicted octanol–water partition coefficient (Wildman–Crippen LogP) is 7.23. The van der Waals surface area contributed by atoms with Crippen LogP contribution < -0.4 is 5.32 Å². The summed E-state index contributed by atoms with van der Waals surface area (Å²) in [6.45, 7) is 3.91. The molecule has 0 bridgehead atoms. The van der Waals surface area contributed by atoms with Crippen molar-refractivity contribution >= 4 is 44.7 Å². The lowest BCUT2D eigenvalue weighted by Crippen LogP contribution is -2.32. The molecule has 0 aliphatic carbocycles. The summed E-state index contributed by atoms with van der Waals surface area (Å²) in [5, 5.41) is 28.7. The topological polar surface area (TPSA) is 82.5 Å². The van der Waals surface area contributed by atoms with Gasteiger partial charge in [-0.2, -0.15) is 0 Å². The molecule has 1 aromatic heterocycles. The minimum absolute atomic E-state index is 0.182. The quantitative estimate of drug-likeness (QED) is 0.201. The van der Waals surface area contributed by atoms with Crippen molar-refractivity contribution in [3.63, 3.8) is 0 Å². The molecule has 0 spiro atoms. The van der Waals surface area contributed by atoms with Gasteiger partial charge in [0, 0.05) is 22.5 Å². The number of hydrogen-bond donors (Lipinski definition) is 3. The van der Waals surface area contributed by atoms with Crippen LogP contribution >= 0.6 is 11.6 Å². The molecular weight excluding hydrogens is 484 g/mol. The molecule has 5 nitrogen and oxygen atoms in total. The fraction of sp³-hybridized carbons (Fsp3) is 0.161. The fourth-order valence-electron chi connectivity index (χ4n) is 4.83. The van der Waals surface area contributed by atoms with Gasteiger partial charge in [0.05, 0.1) is 11.6 Å². The zero-order valence-corrected chi connectivity index (χ0v) is 21.4. The second-order valence-electron chi connectivity index (χ2n) is 9.28. The van der Waals surface area contributed by atoms with E-state index in [9.17, 15) is 15.0 Å². The Balaban J connectivity index is 1.60. The minimum Gasteiger partial charge on any atom is -0.506 e. The Hall–Kier alpha value is -4.09. The Kier molecular flexibility index (Phi) is 6.72. The zero-order valence-electron chi connectivity index (χ0n) is 20.6. The summed E-state index contributed by atoms with van der Waals surface area (Å²) in [6.07, 6.45) is 0.962. The third-order valence-electron chi connectivity index (χ3n) is 6.65. The molecule has 1 atom stereocenters. The maximum atomic E-state index is 14.0. The number of nitrogens with one attached hydrogen (secondary N) is 1. The first-order chi connectivity index (χ1) is 17.8. The third-order valence-corrected chi connectivity index (χ3v) is 6.91. The first-order valence-electron chi connectivity index (χ1n) is 12.2. The highest BCUT2D eigenvalue weighted by atomic mass is 35.5. The number of pyridine rings is 1. The lowest BCUT2D eigenvalue weighted by molar-refractivity contribution is 0.0963. The molecule has 3 N–H and O–H groups in total. The van der Waals surface area contributed by atoms with Crippen molar-refractivity contribution in [1.29, 1.82) is 0 Å². The van der Waals surface area contributed by atoms with Gasteiger partial charge in [0.1, 0.15) is 11.3 Å². The molecule has 186 valence electrons. The smallest absolute Gasteiger partial charge is 0.226 e. The Morgan fingerprint density at radius 3 is 2.43 bits per heavy atom. The molecule has 4 aromatic carbocycles. The van der Waals surface area contributed by atoms with Crippen LogP contribution in [0.4, 0.5) is 5.69 Å². The number of ketones is 1. The van der Waals surface area contributed by atoms with Crippen LogP contribution in [0.1, 0.15) is 34.0 Å². The standard InChI is InChI=1S/C31H27ClN2O3/c1-3-20-14-18(2)15-25-27(20)30(36)28(31(37)34-25)29(35)26(16-19-8-11-23(32)12-9-19)33-24-13-10-21-6-4-5-7-22(21)17-24/h4-15,17,26,33H,3,16H2,1-2H3,(H2,34,36,37).